The van der Waals surface area contributed by atoms with Gasteiger partial charge in [-0.25, -0.2) is 4.79 Å². The highest BCUT2D eigenvalue weighted by Gasteiger charge is 2.85. The SMILES string of the molecule is CC12CC1(C(=O)O)N1C(=O)C(N(C(=O)CN)c3ccccc3)[C@@H]1S2. The van der Waals surface area contributed by atoms with Crippen molar-refractivity contribution >= 4 is 35.2 Å². The molecular weight excluding hydrogens is 330 g/mol. The highest BCUT2D eigenvalue weighted by Crippen LogP contribution is 2.72. The van der Waals surface area contributed by atoms with Gasteiger partial charge < -0.3 is 15.7 Å². The Bertz CT molecular complexity index is 757. The predicted octanol–water partition coefficient (Wildman–Crippen LogP) is 0.248. The van der Waals surface area contributed by atoms with Crippen molar-refractivity contribution in [2.24, 2.45) is 5.73 Å². The number of amides is 2. The zero-order valence-corrected chi connectivity index (χ0v) is 13.8. The van der Waals surface area contributed by atoms with Gasteiger partial charge in [-0.2, -0.15) is 0 Å². The number of β-lactam (4-membered cyclic amide) rings is 1. The Morgan fingerprint density at radius 3 is 2.67 bits per heavy atom. The van der Waals surface area contributed by atoms with E-state index in [1.165, 1.54) is 21.6 Å². The Morgan fingerprint density at radius 1 is 1.42 bits per heavy atom. The van der Waals surface area contributed by atoms with E-state index < -0.39 is 22.3 Å². The molecule has 24 heavy (non-hydrogen) atoms. The van der Waals surface area contributed by atoms with Gasteiger partial charge in [-0.05, 0) is 19.1 Å². The third-order valence-electron chi connectivity index (χ3n) is 5.26. The van der Waals surface area contributed by atoms with Gasteiger partial charge in [0.2, 0.25) is 5.91 Å². The summed E-state index contributed by atoms with van der Waals surface area (Å²) in [7, 11) is 0. The molecule has 7 nitrogen and oxygen atoms in total. The molecule has 3 aliphatic rings. The van der Waals surface area contributed by atoms with Gasteiger partial charge in [0.05, 0.1) is 11.3 Å². The van der Waals surface area contributed by atoms with Crippen LogP contribution in [0.4, 0.5) is 5.69 Å². The van der Waals surface area contributed by atoms with Crippen molar-refractivity contribution < 1.29 is 19.5 Å². The molecule has 0 spiro atoms. The van der Waals surface area contributed by atoms with E-state index in [1.807, 2.05) is 13.0 Å². The summed E-state index contributed by atoms with van der Waals surface area (Å²) in [5.74, 6) is -1.64. The van der Waals surface area contributed by atoms with Gasteiger partial charge in [0.1, 0.15) is 11.4 Å². The monoisotopic (exact) mass is 347 g/mol. The van der Waals surface area contributed by atoms with Crippen LogP contribution >= 0.6 is 11.8 Å². The summed E-state index contributed by atoms with van der Waals surface area (Å²) in [6.45, 7) is 1.66. The molecule has 4 rings (SSSR count). The molecule has 2 aliphatic heterocycles. The molecule has 1 saturated carbocycles. The second-order valence-electron chi connectivity index (χ2n) is 6.54. The molecule has 3 N–H and O–H groups in total. The third kappa shape index (κ3) is 1.65. The Morgan fingerprint density at radius 2 is 2.08 bits per heavy atom. The van der Waals surface area contributed by atoms with Gasteiger partial charge in [-0.1, -0.05) is 18.2 Å². The Balaban J connectivity index is 1.70. The number of para-hydroxylation sites is 1. The molecule has 2 saturated heterocycles. The molecule has 0 bridgehead atoms. The topological polar surface area (TPSA) is 104 Å². The number of nitrogens with zero attached hydrogens (tertiary/aromatic N) is 2. The van der Waals surface area contributed by atoms with E-state index in [9.17, 15) is 19.5 Å². The lowest BCUT2D eigenvalue weighted by atomic mass is 9.98. The number of aliphatic carboxylic acids is 1. The van der Waals surface area contributed by atoms with Crippen LogP contribution < -0.4 is 10.6 Å². The first-order valence-corrected chi connectivity index (χ1v) is 8.57. The molecule has 3 unspecified atom stereocenters. The largest absolute Gasteiger partial charge is 0.479 e. The lowest BCUT2D eigenvalue weighted by Crippen LogP contribution is -2.73. The van der Waals surface area contributed by atoms with Crippen molar-refractivity contribution in [2.75, 3.05) is 11.4 Å². The Hall–Kier alpha value is -2.06. The molecule has 0 aromatic heterocycles. The fourth-order valence-corrected chi connectivity index (χ4v) is 5.91. The fraction of sp³-hybridized carbons (Fsp3) is 0.438. The first-order chi connectivity index (χ1) is 11.4. The van der Waals surface area contributed by atoms with Crippen LogP contribution in [-0.4, -0.2) is 56.0 Å². The van der Waals surface area contributed by atoms with Gasteiger partial charge in [-0.15, -0.1) is 11.8 Å². The highest BCUT2D eigenvalue weighted by molar-refractivity contribution is 8.02. The summed E-state index contributed by atoms with van der Waals surface area (Å²) in [4.78, 5) is 39.8. The summed E-state index contributed by atoms with van der Waals surface area (Å²) in [6.07, 6.45) is 0.450. The van der Waals surface area contributed by atoms with Crippen LogP contribution in [0.1, 0.15) is 13.3 Å². The number of carboxylic acid groups (broad SMARTS) is 1. The van der Waals surface area contributed by atoms with Crippen LogP contribution in [0.25, 0.3) is 0 Å². The van der Waals surface area contributed by atoms with Crippen molar-refractivity contribution in [1.29, 1.82) is 0 Å². The molecule has 2 amide bonds. The summed E-state index contributed by atoms with van der Waals surface area (Å²) >= 11 is 1.47. The first kappa shape index (κ1) is 15.5. The van der Waals surface area contributed by atoms with Gasteiger partial charge in [0, 0.05) is 12.1 Å². The molecule has 8 heteroatoms. The number of anilines is 1. The van der Waals surface area contributed by atoms with Crippen molar-refractivity contribution in [3.05, 3.63) is 30.3 Å². The number of carboxylic acids is 1. The van der Waals surface area contributed by atoms with E-state index in [-0.39, 0.29) is 23.7 Å². The van der Waals surface area contributed by atoms with E-state index in [0.29, 0.717) is 12.1 Å². The molecule has 4 atom stereocenters. The smallest absolute Gasteiger partial charge is 0.331 e. The second kappa shape index (κ2) is 4.73. The predicted molar refractivity (Wildman–Crippen MR) is 88.4 cm³/mol. The average Bonchev–Trinajstić information content (AvgIpc) is 3.11. The molecule has 1 aromatic carbocycles. The minimum absolute atomic E-state index is 0.211. The van der Waals surface area contributed by atoms with Crippen LogP contribution in [0.2, 0.25) is 0 Å². The lowest BCUT2D eigenvalue weighted by Gasteiger charge is -2.50. The summed E-state index contributed by atoms with van der Waals surface area (Å²) < 4.78 is -0.484. The summed E-state index contributed by atoms with van der Waals surface area (Å²) in [5, 5.41) is 9.26. The Labute approximate surface area is 142 Å². The van der Waals surface area contributed by atoms with Crippen LogP contribution in [-0.2, 0) is 14.4 Å². The van der Waals surface area contributed by atoms with E-state index >= 15 is 0 Å². The minimum atomic E-state index is -1.12. The number of rotatable bonds is 4. The summed E-state index contributed by atoms with van der Waals surface area (Å²) in [6, 6.07) is 8.19. The molecule has 126 valence electrons. The number of carbonyl (C=O) groups is 3. The van der Waals surface area contributed by atoms with E-state index in [1.54, 1.807) is 24.3 Å². The maximum Gasteiger partial charge on any atom is 0.331 e. The summed E-state index contributed by atoms with van der Waals surface area (Å²) in [5.41, 5.74) is 5.01. The van der Waals surface area contributed by atoms with Gasteiger partial charge in [0.25, 0.3) is 5.91 Å². The lowest BCUT2D eigenvalue weighted by molar-refractivity contribution is -0.161. The van der Waals surface area contributed by atoms with Crippen LogP contribution in [0.3, 0.4) is 0 Å². The molecule has 0 radical (unpaired) electrons. The van der Waals surface area contributed by atoms with Gasteiger partial charge in [-0.3, -0.25) is 14.5 Å². The van der Waals surface area contributed by atoms with Crippen LogP contribution in [0.5, 0.6) is 0 Å². The van der Waals surface area contributed by atoms with E-state index in [0.717, 1.165) is 0 Å². The maximum atomic E-state index is 12.8. The van der Waals surface area contributed by atoms with Crippen molar-refractivity contribution in [3.8, 4) is 0 Å². The average molecular weight is 347 g/mol. The number of fused-ring (bicyclic) bond motifs is 3. The van der Waals surface area contributed by atoms with Crippen molar-refractivity contribution in [3.63, 3.8) is 0 Å². The molecule has 1 aromatic rings. The third-order valence-corrected chi connectivity index (χ3v) is 6.97. The minimum Gasteiger partial charge on any atom is -0.479 e. The molecule has 1 aliphatic carbocycles. The number of thioether (sulfide) groups is 1. The number of benzene rings is 1. The first-order valence-electron chi connectivity index (χ1n) is 7.69. The van der Waals surface area contributed by atoms with E-state index in [2.05, 4.69) is 0 Å². The number of hydrogen-bond acceptors (Lipinski definition) is 5. The van der Waals surface area contributed by atoms with Crippen molar-refractivity contribution in [1.82, 2.24) is 4.90 Å². The quantitative estimate of drug-likeness (QED) is 0.757. The number of carbonyl (C=O) groups excluding carboxylic acids is 2. The standard InChI is InChI=1S/C16H17N3O4S/c1-15-8-16(15,14(22)23)19-12(21)11(13(19)24-15)18(10(20)7-17)9-5-3-2-4-6-9/h2-6,11,13H,7-8,17H2,1H3,(H,22,23)/t11?,13-,15?,16?/m0/s1. The van der Waals surface area contributed by atoms with E-state index in [4.69, 9.17) is 5.73 Å². The van der Waals surface area contributed by atoms with Crippen LogP contribution in [0, 0.1) is 0 Å². The number of hydrogen-bond donors (Lipinski definition) is 2. The Kier molecular flexibility index (Phi) is 3.05. The molecule has 2 heterocycles. The van der Waals surface area contributed by atoms with Gasteiger partial charge in [0.15, 0.2) is 5.54 Å². The second-order valence-corrected chi connectivity index (χ2v) is 8.16. The van der Waals surface area contributed by atoms with Gasteiger partial charge >= 0.3 is 5.97 Å². The zero-order valence-electron chi connectivity index (χ0n) is 13.0. The zero-order chi connectivity index (χ0) is 17.3. The highest BCUT2D eigenvalue weighted by atomic mass is 32.2. The molecule has 3 fully saturated rings. The number of nitrogens with two attached hydrogens (primary N) is 1. The normalized spacial score (nSPS) is 35.8. The maximum absolute atomic E-state index is 12.8. The molecular formula is C16H17N3O4S. The van der Waals surface area contributed by atoms with Crippen LogP contribution in [0.15, 0.2) is 30.3 Å². The fourth-order valence-electron chi connectivity index (χ4n) is 3.95. The van der Waals surface area contributed by atoms with Crippen molar-refractivity contribution in [2.45, 2.75) is 35.0 Å².